The number of halogens is 13. The van der Waals surface area contributed by atoms with Gasteiger partial charge in [-0.2, -0.15) is 62.3 Å². The Kier molecular flexibility index (Phi) is 6.41. The summed E-state index contributed by atoms with van der Waals surface area (Å²) in [4.78, 5) is 0. The molecule has 0 saturated heterocycles. The van der Waals surface area contributed by atoms with Gasteiger partial charge < -0.3 is 5.11 Å². The zero-order valence-electron chi connectivity index (χ0n) is 14.8. The number of benzene rings is 1. The number of aliphatic hydroxyl groups is 1. The molecule has 31 heavy (non-hydrogen) atoms. The molecule has 0 heterocycles. The minimum Gasteiger partial charge on any atom is -0.385 e. The molecule has 0 radical (unpaired) electrons. The highest BCUT2D eigenvalue weighted by molar-refractivity contribution is 5.35. The molecule has 0 aliphatic carbocycles. The number of hydrogen-bond donors (Lipinski definition) is 1. The Balaban J connectivity index is 3.47. The van der Waals surface area contributed by atoms with Crippen molar-refractivity contribution in [2.75, 3.05) is 0 Å². The monoisotopic (exact) mass is 479 g/mol. The lowest BCUT2D eigenvalue weighted by Gasteiger charge is -2.41. The Morgan fingerprint density at radius 2 is 1.23 bits per heavy atom. The lowest BCUT2D eigenvalue weighted by Crippen LogP contribution is -2.70. The van der Waals surface area contributed by atoms with Crippen LogP contribution < -0.4 is 0 Å². The van der Waals surface area contributed by atoms with Crippen LogP contribution in [-0.4, -0.2) is 40.9 Å². The van der Waals surface area contributed by atoms with E-state index < -0.39 is 53.4 Å². The highest BCUT2D eigenvalue weighted by atomic mass is 19.4. The molecule has 2 nitrogen and oxygen atoms in total. The fraction of sp³-hybridized carbons (Fsp3) is 0.562. The van der Waals surface area contributed by atoms with Gasteiger partial charge >= 0.3 is 35.8 Å². The first kappa shape index (κ1) is 26.8. The van der Waals surface area contributed by atoms with Crippen molar-refractivity contribution in [3.63, 3.8) is 0 Å². The molecular weight excluding hydrogens is 469 g/mol. The number of hydrogen-bond acceptors (Lipinski definition) is 2. The SMILES string of the molecule is CC(O)(CC(F)(F)C(F)(F)C(F)(F)C(F)(F)C(F)(F)C(F)(F)F)c1cccc(C#N)c1. The van der Waals surface area contributed by atoms with Gasteiger partial charge in [0.1, 0.15) is 0 Å². The first-order chi connectivity index (χ1) is 13.5. The van der Waals surface area contributed by atoms with Gasteiger partial charge in [-0.05, 0) is 24.6 Å². The summed E-state index contributed by atoms with van der Waals surface area (Å²) in [5.74, 6) is -37.7. The Bertz CT molecular complexity index is 852. The van der Waals surface area contributed by atoms with Gasteiger partial charge in [-0.15, -0.1) is 0 Å². The normalized spacial score (nSPS) is 16.6. The van der Waals surface area contributed by atoms with Crippen LogP contribution in [0.2, 0.25) is 0 Å². The zero-order chi connectivity index (χ0) is 24.9. The van der Waals surface area contributed by atoms with Gasteiger partial charge in [-0.3, -0.25) is 0 Å². The Morgan fingerprint density at radius 1 is 0.774 bits per heavy atom. The molecule has 0 aromatic heterocycles. The molecule has 0 saturated carbocycles. The minimum atomic E-state index is -8.00. The molecule has 0 fully saturated rings. The van der Waals surface area contributed by atoms with E-state index in [4.69, 9.17) is 5.26 Å². The molecule has 0 aliphatic heterocycles. The van der Waals surface area contributed by atoms with Crippen LogP contribution in [0.25, 0.3) is 0 Å². The maximum atomic E-state index is 14.0. The van der Waals surface area contributed by atoms with Crippen molar-refractivity contribution >= 4 is 0 Å². The third-order valence-electron chi connectivity index (χ3n) is 4.18. The third kappa shape index (κ3) is 4.13. The molecule has 1 aromatic rings. The van der Waals surface area contributed by atoms with Crippen molar-refractivity contribution in [1.29, 1.82) is 5.26 Å². The van der Waals surface area contributed by atoms with Crippen molar-refractivity contribution in [2.45, 2.75) is 54.7 Å². The fourth-order valence-corrected chi connectivity index (χ4v) is 2.37. The maximum Gasteiger partial charge on any atom is 0.460 e. The molecule has 1 unspecified atom stereocenters. The molecule has 15 heteroatoms. The topological polar surface area (TPSA) is 44.0 Å². The largest absolute Gasteiger partial charge is 0.460 e. The lowest BCUT2D eigenvalue weighted by atomic mass is 9.84. The second-order valence-corrected chi connectivity index (χ2v) is 6.64. The Hall–Kier alpha value is -2.24. The van der Waals surface area contributed by atoms with Crippen LogP contribution >= 0.6 is 0 Å². The van der Waals surface area contributed by atoms with E-state index in [2.05, 4.69) is 0 Å². The van der Waals surface area contributed by atoms with Crippen molar-refractivity contribution < 1.29 is 62.2 Å². The van der Waals surface area contributed by atoms with Crippen molar-refractivity contribution in [2.24, 2.45) is 0 Å². The summed E-state index contributed by atoms with van der Waals surface area (Å²) in [5.41, 5.74) is -4.34. The summed E-state index contributed by atoms with van der Waals surface area (Å²) < 4.78 is 171. The number of rotatable bonds is 7. The predicted molar refractivity (Wildman–Crippen MR) is 76.1 cm³/mol. The first-order valence-corrected chi connectivity index (χ1v) is 7.68. The standard InChI is InChI=1S/C16H10F13NO/c1-10(31,9-4-2-3-8(5-9)6-30)7-11(17,18)12(19,20)13(21,22)14(23,24)15(25,26)16(27,28)29/h2-5,31H,7H2,1H3. The summed E-state index contributed by atoms with van der Waals surface area (Å²) in [6.07, 6.45) is -10.3. The van der Waals surface area contributed by atoms with Gasteiger partial charge in [-0.25, -0.2) is 0 Å². The van der Waals surface area contributed by atoms with Crippen LogP contribution in [0.4, 0.5) is 57.1 Å². The average molecular weight is 479 g/mol. The number of nitrogens with zero attached hydrogens (tertiary/aromatic N) is 1. The fourth-order valence-electron chi connectivity index (χ4n) is 2.37. The summed E-state index contributed by atoms with van der Waals surface area (Å²) >= 11 is 0. The van der Waals surface area contributed by atoms with Crippen LogP contribution in [0.3, 0.4) is 0 Å². The van der Waals surface area contributed by atoms with E-state index in [0.717, 1.165) is 18.2 Å². The van der Waals surface area contributed by atoms with Crippen LogP contribution in [-0.2, 0) is 5.60 Å². The summed E-state index contributed by atoms with van der Waals surface area (Å²) in [6.45, 7) is 0.314. The molecule has 1 rings (SSSR count). The van der Waals surface area contributed by atoms with Gasteiger partial charge in [0.2, 0.25) is 0 Å². The van der Waals surface area contributed by atoms with Gasteiger partial charge in [0.15, 0.2) is 0 Å². The van der Waals surface area contributed by atoms with E-state index >= 15 is 0 Å². The lowest BCUT2D eigenvalue weighted by molar-refractivity contribution is -0.441. The zero-order valence-corrected chi connectivity index (χ0v) is 14.8. The van der Waals surface area contributed by atoms with Crippen molar-refractivity contribution in [3.8, 4) is 6.07 Å². The van der Waals surface area contributed by atoms with Crippen LogP contribution in [0.1, 0.15) is 24.5 Å². The Morgan fingerprint density at radius 3 is 1.65 bits per heavy atom. The number of alkyl halides is 13. The maximum absolute atomic E-state index is 14.0. The summed E-state index contributed by atoms with van der Waals surface area (Å²) in [6, 6.07) is 4.82. The predicted octanol–water partition coefficient (Wildman–Crippen LogP) is 5.89. The molecular formula is C16H10F13NO. The Labute approximate surface area is 164 Å². The van der Waals surface area contributed by atoms with Gasteiger partial charge in [-0.1, -0.05) is 12.1 Å². The van der Waals surface area contributed by atoms with Crippen molar-refractivity contribution in [3.05, 3.63) is 35.4 Å². The molecule has 0 aliphatic rings. The molecule has 1 N–H and O–H groups in total. The van der Waals surface area contributed by atoms with Crippen molar-refractivity contribution in [1.82, 2.24) is 0 Å². The van der Waals surface area contributed by atoms with E-state index in [9.17, 15) is 62.2 Å². The quantitative estimate of drug-likeness (QED) is 0.496. The first-order valence-electron chi connectivity index (χ1n) is 7.68. The molecule has 0 amide bonds. The average Bonchev–Trinajstić information content (AvgIpc) is 2.59. The van der Waals surface area contributed by atoms with Crippen LogP contribution in [0.5, 0.6) is 0 Å². The highest BCUT2D eigenvalue weighted by Gasteiger charge is 2.90. The van der Waals surface area contributed by atoms with Gasteiger partial charge in [0.25, 0.3) is 0 Å². The second-order valence-electron chi connectivity index (χ2n) is 6.64. The third-order valence-corrected chi connectivity index (χ3v) is 4.18. The van der Waals surface area contributed by atoms with Crippen LogP contribution in [0.15, 0.2) is 24.3 Å². The second kappa shape index (κ2) is 7.42. The van der Waals surface area contributed by atoms with E-state index in [1.807, 2.05) is 0 Å². The van der Waals surface area contributed by atoms with E-state index in [0.29, 0.717) is 13.0 Å². The summed E-state index contributed by atoms with van der Waals surface area (Å²) in [5, 5.41) is 18.7. The molecule has 1 atom stereocenters. The highest BCUT2D eigenvalue weighted by Crippen LogP contribution is 2.61. The smallest absolute Gasteiger partial charge is 0.385 e. The molecule has 0 spiro atoms. The van der Waals surface area contributed by atoms with Crippen LogP contribution in [0, 0.1) is 11.3 Å². The van der Waals surface area contributed by atoms with E-state index in [-0.39, 0.29) is 5.56 Å². The van der Waals surface area contributed by atoms with Gasteiger partial charge in [0.05, 0.1) is 23.7 Å². The van der Waals surface area contributed by atoms with Gasteiger partial charge in [0, 0.05) is 0 Å². The summed E-state index contributed by atoms with van der Waals surface area (Å²) in [7, 11) is 0. The molecule has 176 valence electrons. The molecule has 0 bridgehead atoms. The van der Waals surface area contributed by atoms with E-state index in [1.54, 1.807) is 0 Å². The van der Waals surface area contributed by atoms with E-state index in [1.165, 1.54) is 6.07 Å². The minimum absolute atomic E-state index is 0.314. The molecule has 1 aromatic carbocycles. The number of nitriles is 1.